The van der Waals surface area contributed by atoms with Gasteiger partial charge < -0.3 is 10.6 Å². The molecule has 2 heterocycles. The van der Waals surface area contributed by atoms with Crippen LogP contribution in [0.1, 0.15) is 12.8 Å². The van der Waals surface area contributed by atoms with Crippen LogP contribution in [0.25, 0.3) is 0 Å². The average molecular weight is 246 g/mol. The van der Waals surface area contributed by atoms with Gasteiger partial charge in [0.1, 0.15) is 0 Å². The van der Waals surface area contributed by atoms with Crippen molar-refractivity contribution in [2.75, 3.05) is 29.6 Å². The molecule has 3 nitrogen and oxygen atoms in total. The average Bonchev–Trinajstić information content (AvgIpc) is 2.50. The van der Waals surface area contributed by atoms with Crippen LogP contribution >= 0.6 is 23.5 Å². The molecule has 2 saturated heterocycles. The third-order valence-corrected chi connectivity index (χ3v) is 5.25. The van der Waals surface area contributed by atoms with Crippen molar-refractivity contribution in [3.63, 3.8) is 0 Å². The number of hydrogen-bond donors (Lipinski definition) is 2. The van der Waals surface area contributed by atoms with Gasteiger partial charge in [-0.3, -0.25) is 4.79 Å². The Labute approximate surface area is 99.5 Å². The summed E-state index contributed by atoms with van der Waals surface area (Å²) in [5, 5.41) is 6.42. The number of rotatable bonds is 2. The van der Waals surface area contributed by atoms with E-state index in [2.05, 4.69) is 10.6 Å². The Morgan fingerprint density at radius 2 is 2.00 bits per heavy atom. The van der Waals surface area contributed by atoms with Crippen LogP contribution in [0.5, 0.6) is 0 Å². The quantitative estimate of drug-likeness (QED) is 0.753. The summed E-state index contributed by atoms with van der Waals surface area (Å²) in [5.41, 5.74) is 0. The predicted octanol–water partition coefficient (Wildman–Crippen LogP) is 0.703. The molecule has 0 aromatic carbocycles. The number of nitrogens with one attached hydrogen (secondary N) is 2. The summed E-state index contributed by atoms with van der Waals surface area (Å²) in [6, 6.07) is 0.569. The number of carbonyl (C=O) groups is 1. The molecule has 0 bridgehead atoms. The third kappa shape index (κ3) is 3.57. The summed E-state index contributed by atoms with van der Waals surface area (Å²) in [6.07, 6.45) is 2.11. The summed E-state index contributed by atoms with van der Waals surface area (Å²) >= 11 is 4.00. The SMILES string of the molecule is O=C1NCCC[C@H]1NC1CSCCSC1. The van der Waals surface area contributed by atoms with Crippen LogP contribution in [0, 0.1) is 0 Å². The highest BCUT2D eigenvalue weighted by atomic mass is 32.2. The minimum absolute atomic E-state index is 0.0584. The monoisotopic (exact) mass is 246 g/mol. The molecule has 0 aromatic heterocycles. The molecule has 1 amide bonds. The summed E-state index contributed by atoms with van der Waals surface area (Å²) < 4.78 is 0. The Balaban J connectivity index is 1.80. The van der Waals surface area contributed by atoms with Crippen molar-refractivity contribution in [3.8, 4) is 0 Å². The van der Waals surface area contributed by atoms with E-state index in [1.165, 1.54) is 11.5 Å². The van der Waals surface area contributed by atoms with Crippen molar-refractivity contribution in [1.82, 2.24) is 10.6 Å². The maximum atomic E-state index is 11.6. The fourth-order valence-electron chi connectivity index (χ4n) is 1.93. The molecular formula is C10H18N2OS2. The maximum Gasteiger partial charge on any atom is 0.237 e. The van der Waals surface area contributed by atoms with Crippen LogP contribution in [0.2, 0.25) is 0 Å². The van der Waals surface area contributed by atoms with Crippen molar-refractivity contribution in [2.45, 2.75) is 24.9 Å². The van der Waals surface area contributed by atoms with Gasteiger partial charge in [0.05, 0.1) is 6.04 Å². The summed E-state index contributed by atoms with van der Waals surface area (Å²) in [4.78, 5) is 11.6. The van der Waals surface area contributed by atoms with Crippen LogP contribution < -0.4 is 10.6 Å². The first-order chi connectivity index (χ1) is 7.36. The third-order valence-electron chi connectivity index (χ3n) is 2.73. The molecule has 15 heavy (non-hydrogen) atoms. The molecule has 2 fully saturated rings. The second kappa shape index (κ2) is 6.01. The molecular weight excluding hydrogens is 228 g/mol. The van der Waals surface area contributed by atoms with Crippen molar-refractivity contribution in [1.29, 1.82) is 0 Å². The van der Waals surface area contributed by atoms with Crippen LogP contribution in [-0.2, 0) is 4.79 Å². The van der Waals surface area contributed by atoms with Gasteiger partial charge in [0.2, 0.25) is 5.91 Å². The standard InChI is InChI=1S/C10H18N2OS2/c13-10-9(2-1-3-11-10)12-8-6-14-4-5-15-7-8/h8-9,12H,1-7H2,(H,11,13)/t9-/m1/s1. The van der Waals surface area contributed by atoms with E-state index in [9.17, 15) is 4.79 Å². The van der Waals surface area contributed by atoms with Gasteiger partial charge in [-0.2, -0.15) is 23.5 Å². The number of piperidine rings is 1. The molecule has 86 valence electrons. The van der Waals surface area contributed by atoms with E-state index in [4.69, 9.17) is 0 Å². The van der Waals surface area contributed by atoms with Crippen LogP contribution in [0.4, 0.5) is 0 Å². The van der Waals surface area contributed by atoms with Gasteiger partial charge in [0.25, 0.3) is 0 Å². The Morgan fingerprint density at radius 3 is 2.67 bits per heavy atom. The minimum Gasteiger partial charge on any atom is -0.355 e. The fourth-order valence-corrected chi connectivity index (χ4v) is 4.35. The Morgan fingerprint density at radius 1 is 1.27 bits per heavy atom. The van der Waals surface area contributed by atoms with Crippen LogP contribution in [0.3, 0.4) is 0 Å². The van der Waals surface area contributed by atoms with E-state index in [1.54, 1.807) is 0 Å². The second-order valence-electron chi connectivity index (χ2n) is 4.00. The molecule has 1 atom stereocenters. The van der Waals surface area contributed by atoms with Crippen LogP contribution in [-0.4, -0.2) is 47.5 Å². The lowest BCUT2D eigenvalue weighted by Crippen LogP contribution is -2.52. The first-order valence-electron chi connectivity index (χ1n) is 5.55. The lowest BCUT2D eigenvalue weighted by atomic mass is 10.1. The molecule has 5 heteroatoms. The number of thioether (sulfide) groups is 2. The van der Waals surface area contributed by atoms with Crippen molar-refractivity contribution < 1.29 is 4.79 Å². The van der Waals surface area contributed by atoms with E-state index in [0.29, 0.717) is 6.04 Å². The number of amides is 1. The largest absolute Gasteiger partial charge is 0.355 e. The summed E-state index contributed by atoms with van der Waals surface area (Å²) in [5.74, 6) is 4.99. The highest BCUT2D eigenvalue weighted by Gasteiger charge is 2.25. The van der Waals surface area contributed by atoms with Gasteiger partial charge in [-0.1, -0.05) is 0 Å². The van der Waals surface area contributed by atoms with Crippen molar-refractivity contribution in [3.05, 3.63) is 0 Å². The smallest absolute Gasteiger partial charge is 0.237 e. The van der Waals surface area contributed by atoms with E-state index in [0.717, 1.165) is 30.9 Å². The zero-order chi connectivity index (χ0) is 10.5. The van der Waals surface area contributed by atoms with Gasteiger partial charge in [0, 0.05) is 35.6 Å². The molecule has 2 aliphatic rings. The number of hydrogen-bond acceptors (Lipinski definition) is 4. The summed E-state index contributed by atoms with van der Waals surface area (Å²) in [7, 11) is 0. The Kier molecular flexibility index (Phi) is 4.65. The van der Waals surface area contributed by atoms with E-state index in [1.807, 2.05) is 23.5 Å². The molecule has 0 aromatic rings. The molecule has 0 aliphatic carbocycles. The minimum atomic E-state index is 0.0584. The second-order valence-corrected chi connectivity index (χ2v) is 6.30. The van der Waals surface area contributed by atoms with Gasteiger partial charge in [-0.05, 0) is 12.8 Å². The van der Waals surface area contributed by atoms with Gasteiger partial charge >= 0.3 is 0 Å². The normalized spacial score (nSPS) is 29.6. The molecule has 2 rings (SSSR count). The first kappa shape index (κ1) is 11.6. The fraction of sp³-hybridized carbons (Fsp3) is 0.900. The molecule has 0 spiro atoms. The molecule has 0 radical (unpaired) electrons. The van der Waals surface area contributed by atoms with Crippen LogP contribution in [0.15, 0.2) is 0 Å². The first-order valence-corrected chi connectivity index (χ1v) is 7.86. The van der Waals surface area contributed by atoms with E-state index in [-0.39, 0.29) is 11.9 Å². The van der Waals surface area contributed by atoms with Gasteiger partial charge in [-0.15, -0.1) is 0 Å². The topological polar surface area (TPSA) is 41.1 Å². The van der Waals surface area contributed by atoms with E-state index >= 15 is 0 Å². The van der Waals surface area contributed by atoms with Crippen molar-refractivity contribution in [2.24, 2.45) is 0 Å². The number of carbonyl (C=O) groups excluding carboxylic acids is 1. The predicted molar refractivity (Wildman–Crippen MR) is 67.6 cm³/mol. The van der Waals surface area contributed by atoms with Gasteiger partial charge in [0.15, 0.2) is 0 Å². The highest BCUT2D eigenvalue weighted by molar-refractivity contribution is 8.03. The molecule has 2 aliphatic heterocycles. The molecule has 0 unspecified atom stereocenters. The molecule has 2 N–H and O–H groups in total. The molecule has 0 saturated carbocycles. The zero-order valence-corrected chi connectivity index (χ0v) is 10.5. The maximum absolute atomic E-state index is 11.6. The summed E-state index contributed by atoms with van der Waals surface area (Å²) in [6.45, 7) is 0.852. The Hall–Kier alpha value is 0.130. The lowest BCUT2D eigenvalue weighted by Gasteiger charge is -2.27. The Bertz CT molecular complexity index is 217. The lowest BCUT2D eigenvalue weighted by molar-refractivity contribution is -0.124. The van der Waals surface area contributed by atoms with Crippen molar-refractivity contribution >= 4 is 29.4 Å². The zero-order valence-electron chi connectivity index (χ0n) is 8.83. The van der Waals surface area contributed by atoms with E-state index < -0.39 is 0 Å². The van der Waals surface area contributed by atoms with Gasteiger partial charge in [-0.25, -0.2) is 0 Å². The highest BCUT2D eigenvalue weighted by Crippen LogP contribution is 2.17.